The number of rotatable bonds is 7. The van der Waals surface area contributed by atoms with Crippen LogP contribution in [0.5, 0.6) is 0 Å². The van der Waals surface area contributed by atoms with Crippen molar-refractivity contribution < 1.29 is 24.2 Å². The van der Waals surface area contributed by atoms with Gasteiger partial charge in [0.1, 0.15) is 16.9 Å². The fraction of sp³-hybridized carbons (Fsp3) is 0.533. The number of carbonyl (C=O) groups excluding carboxylic acids is 3. The number of ketones is 1. The monoisotopic (exact) mass is 295 g/mol. The van der Waals surface area contributed by atoms with Gasteiger partial charge >= 0.3 is 11.9 Å². The summed E-state index contributed by atoms with van der Waals surface area (Å²) in [6.07, 6.45) is 4.25. The summed E-state index contributed by atoms with van der Waals surface area (Å²) < 4.78 is 4.49. The second-order valence-corrected chi connectivity index (χ2v) is 4.94. The molecule has 1 aliphatic rings. The second-order valence-electron chi connectivity index (χ2n) is 4.94. The Hall–Kier alpha value is -2.11. The smallest absolute Gasteiger partial charge is 0.353 e. The van der Waals surface area contributed by atoms with Crippen molar-refractivity contribution in [1.82, 2.24) is 5.32 Å². The molecule has 0 amide bonds. The average Bonchev–Trinajstić information content (AvgIpc) is 2.37. The molecule has 21 heavy (non-hydrogen) atoms. The maximum absolute atomic E-state index is 11.7. The first-order valence-electron chi connectivity index (χ1n) is 7.05. The Kier molecular flexibility index (Phi) is 6.14. The van der Waals surface area contributed by atoms with Gasteiger partial charge in [0, 0.05) is 12.2 Å². The first-order valence-corrected chi connectivity index (χ1v) is 7.05. The Morgan fingerprint density at radius 1 is 1.14 bits per heavy atom. The van der Waals surface area contributed by atoms with E-state index >= 15 is 0 Å². The summed E-state index contributed by atoms with van der Waals surface area (Å²) in [5, 5.41) is 13.0. The zero-order chi connectivity index (χ0) is 16.0. The standard InChI is InChI=1S/C15H21NO5/c1-4-5-6-7-8-16-9(2)11-13(18)12(10(3)17)15(20)21-14(11)19/h16,18H,4-8H2,1-3H3. The molecule has 0 spiro atoms. The first kappa shape index (κ1) is 16.9. The number of nitrogens with one attached hydrogen (secondary N) is 1. The van der Waals surface area contributed by atoms with Crippen LogP contribution in [0.1, 0.15) is 46.5 Å². The fourth-order valence-electron chi connectivity index (χ4n) is 2.06. The number of cyclic esters (lactones) is 2. The highest BCUT2D eigenvalue weighted by atomic mass is 16.6. The van der Waals surface area contributed by atoms with Crippen molar-refractivity contribution >= 4 is 17.7 Å². The third kappa shape index (κ3) is 4.18. The van der Waals surface area contributed by atoms with E-state index in [0.717, 1.165) is 32.6 Å². The minimum atomic E-state index is -1.11. The number of ether oxygens (including phenoxy) is 1. The fourth-order valence-corrected chi connectivity index (χ4v) is 2.06. The molecule has 0 aromatic heterocycles. The quantitative estimate of drug-likeness (QED) is 0.245. The molecule has 0 fully saturated rings. The molecular formula is C15H21NO5. The van der Waals surface area contributed by atoms with Crippen LogP contribution in [0.15, 0.2) is 22.6 Å². The van der Waals surface area contributed by atoms with Crippen LogP contribution in [0.3, 0.4) is 0 Å². The molecule has 6 nitrogen and oxygen atoms in total. The highest BCUT2D eigenvalue weighted by Crippen LogP contribution is 2.24. The molecule has 0 aromatic carbocycles. The third-order valence-electron chi connectivity index (χ3n) is 3.21. The lowest BCUT2D eigenvalue weighted by Gasteiger charge is -2.18. The van der Waals surface area contributed by atoms with Gasteiger partial charge in [0.05, 0.1) is 0 Å². The van der Waals surface area contributed by atoms with Gasteiger partial charge in [-0.2, -0.15) is 0 Å². The Morgan fingerprint density at radius 3 is 2.38 bits per heavy atom. The maximum Gasteiger partial charge on any atom is 0.353 e. The van der Waals surface area contributed by atoms with E-state index in [4.69, 9.17) is 0 Å². The molecule has 0 aliphatic carbocycles. The SMILES string of the molecule is CCCCCCNC(C)=C1C(=O)OC(=O)C(C(C)=O)=C1O. The normalized spacial score (nSPS) is 17.7. The number of allylic oxidation sites excluding steroid dienone is 1. The van der Waals surface area contributed by atoms with Gasteiger partial charge in [-0.3, -0.25) is 4.79 Å². The van der Waals surface area contributed by atoms with Gasteiger partial charge in [-0.05, 0) is 20.3 Å². The van der Waals surface area contributed by atoms with Crippen molar-refractivity contribution in [1.29, 1.82) is 0 Å². The topological polar surface area (TPSA) is 92.7 Å². The Balaban J connectivity index is 2.91. The van der Waals surface area contributed by atoms with Crippen LogP contribution in [-0.2, 0) is 19.1 Å². The molecular weight excluding hydrogens is 274 g/mol. The number of carbonyl (C=O) groups is 3. The number of esters is 2. The Morgan fingerprint density at radius 2 is 1.81 bits per heavy atom. The van der Waals surface area contributed by atoms with Gasteiger partial charge in [-0.25, -0.2) is 9.59 Å². The van der Waals surface area contributed by atoms with Crippen molar-refractivity contribution in [2.75, 3.05) is 6.54 Å². The number of hydrogen-bond donors (Lipinski definition) is 2. The molecule has 1 aliphatic heterocycles. The van der Waals surface area contributed by atoms with Crippen molar-refractivity contribution in [3.05, 3.63) is 22.6 Å². The zero-order valence-electron chi connectivity index (χ0n) is 12.6. The molecule has 1 rings (SSSR count). The summed E-state index contributed by atoms with van der Waals surface area (Å²) >= 11 is 0. The molecule has 0 aromatic rings. The van der Waals surface area contributed by atoms with E-state index < -0.39 is 29.1 Å². The Labute approximate surface area is 123 Å². The highest BCUT2D eigenvalue weighted by molar-refractivity contribution is 6.23. The molecule has 116 valence electrons. The number of aliphatic hydroxyl groups is 1. The number of unbranched alkanes of at least 4 members (excludes halogenated alkanes) is 3. The predicted octanol–water partition coefficient (Wildman–Crippen LogP) is 1.91. The van der Waals surface area contributed by atoms with Gasteiger partial charge in [-0.15, -0.1) is 0 Å². The Bertz CT molecular complexity index is 516. The molecule has 6 heteroatoms. The van der Waals surface area contributed by atoms with Gasteiger partial charge in [0.15, 0.2) is 5.78 Å². The van der Waals surface area contributed by atoms with E-state index in [9.17, 15) is 19.5 Å². The van der Waals surface area contributed by atoms with E-state index in [1.807, 2.05) is 0 Å². The summed E-state index contributed by atoms with van der Waals surface area (Å²) in [7, 11) is 0. The molecule has 1 heterocycles. The highest BCUT2D eigenvalue weighted by Gasteiger charge is 2.36. The lowest BCUT2D eigenvalue weighted by Crippen LogP contribution is -2.30. The van der Waals surface area contributed by atoms with Crippen molar-refractivity contribution in [3.8, 4) is 0 Å². The number of Topliss-reactive ketones (excluding diaryl/α,β-unsaturated/α-hetero) is 1. The molecule has 0 radical (unpaired) electrons. The van der Waals surface area contributed by atoms with Gasteiger partial charge < -0.3 is 15.2 Å². The van der Waals surface area contributed by atoms with E-state index in [1.54, 1.807) is 6.92 Å². The van der Waals surface area contributed by atoms with Crippen molar-refractivity contribution in [2.24, 2.45) is 0 Å². The summed E-state index contributed by atoms with van der Waals surface area (Å²) in [4.78, 5) is 34.5. The van der Waals surface area contributed by atoms with Crippen LogP contribution in [0.4, 0.5) is 0 Å². The largest absolute Gasteiger partial charge is 0.506 e. The van der Waals surface area contributed by atoms with E-state index in [-0.39, 0.29) is 5.57 Å². The molecule has 0 atom stereocenters. The van der Waals surface area contributed by atoms with Gasteiger partial charge in [0.25, 0.3) is 0 Å². The molecule has 0 saturated carbocycles. The summed E-state index contributed by atoms with van der Waals surface area (Å²) in [5.41, 5.74) is -0.257. The predicted molar refractivity (Wildman–Crippen MR) is 76.3 cm³/mol. The minimum Gasteiger partial charge on any atom is -0.506 e. The summed E-state index contributed by atoms with van der Waals surface area (Å²) in [5.74, 6) is -3.30. The lowest BCUT2D eigenvalue weighted by atomic mass is 10.0. The van der Waals surface area contributed by atoms with Crippen molar-refractivity contribution in [3.63, 3.8) is 0 Å². The van der Waals surface area contributed by atoms with E-state index in [0.29, 0.717) is 12.2 Å². The molecule has 0 bridgehead atoms. The van der Waals surface area contributed by atoms with Crippen LogP contribution in [0.25, 0.3) is 0 Å². The molecule has 0 unspecified atom stereocenters. The number of hydrogen-bond acceptors (Lipinski definition) is 6. The summed E-state index contributed by atoms with van der Waals surface area (Å²) in [6, 6.07) is 0. The van der Waals surface area contributed by atoms with Gasteiger partial charge in [-0.1, -0.05) is 26.2 Å². The zero-order valence-corrected chi connectivity index (χ0v) is 12.6. The maximum atomic E-state index is 11.7. The van der Waals surface area contributed by atoms with Crippen LogP contribution in [0, 0.1) is 0 Å². The van der Waals surface area contributed by atoms with E-state index in [1.165, 1.54) is 0 Å². The lowest BCUT2D eigenvalue weighted by molar-refractivity contribution is -0.155. The first-order chi connectivity index (χ1) is 9.90. The average molecular weight is 295 g/mol. The third-order valence-corrected chi connectivity index (χ3v) is 3.21. The van der Waals surface area contributed by atoms with E-state index in [2.05, 4.69) is 17.0 Å². The van der Waals surface area contributed by atoms with Crippen LogP contribution < -0.4 is 5.32 Å². The number of aliphatic hydroxyl groups excluding tert-OH is 1. The second kappa shape index (κ2) is 7.61. The van der Waals surface area contributed by atoms with Crippen molar-refractivity contribution in [2.45, 2.75) is 46.5 Å². The summed E-state index contributed by atoms with van der Waals surface area (Å²) in [6.45, 7) is 5.48. The van der Waals surface area contributed by atoms with Crippen LogP contribution >= 0.6 is 0 Å². The van der Waals surface area contributed by atoms with Crippen LogP contribution in [0.2, 0.25) is 0 Å². The van der Waals surface area contributed by atoms with Crippen LogP contribution in [-0.4, -0.2) is 29.4 Å². The minimum absolute atomic E-state index is 0.157. The molecule has 2 N–H and O–H groups in total. The molecule has 0 saturated heterocycles. The van der Waals surface area contributed by atoms with Gasteiger partial charge in [0.2, 0.25) is 0 Å².